The molecule has 4 heteroatoms. The summed E-state index contributed by atoms with van der Waals surface area (Å²) in [5.41, 5.74) is 8.16. The van der Waals surface area contributed by atoms with E-state index in [-0.39, 0.29) is 0 Å². The number of aromatic nitrogens is 2. The first kappa shape index (κ1) is 13.8. The molecule has 102 valence electrons. The molecule has 2 aromatic rings. The van der Waals surface area contributed by atoms with Crippen LogP contribution in [0, 0.1) is 0 Å². The first-order valence-electron chi connectivity index (χ1n) is 6.61. The van der Waals surface area contributed by atoms with Crippen molar-refractivity contribution < 1.29 is 0 Å². The van der Waals surface area contributed by atoms with E-state index in [2.05, 4.69) is 45.8 Å². The second-order valence-corrected chi connectivity index (χ2v) is 4.97. The summed E-state index contributed by atoms with van der Waals surface area (Å²) < 4.78 is 2.07. The Bertz CT molecular complexity index is 518. The SMILES string of the molecule is CN(CCc1nccn1C)Cc1cccc(CN)c1. The van der Waals surface area contributed by atoms with Crippen molar-refractivity contribution in [2.45, 2.75) is 19.5 Å². The standard InChI is InChI=1S/C15H22N4/c1-18(8-6-15-17-7-9-19(15)2)12-14-5-3-4-13(10-14)11-16/h3-5,7,9-10H,6,8,11-12,16H2,1-2H3. The molecular weight excluding hydrogens is 236 g/mol. The number of nitrogens with two attached hydrogens (primary N) is 1. The van der Waals surface area contributed by atoms with Crippen LogP contribution in [-0.2, 0) is 26.6 Å². The summed E-state index contributed by atoms with van der Waals surface area (Å²) in [5.74, 6) is 1.13. The normalized spacial score (nSPS) is 11.2. The maximum atomic E-state index is 5.66. The van der Waals surface area contributed by atoms with Crippen molar-refractivity contribution in [2.24, 2.45) is 12.8 Å². The fraction of sp³-hybridized carbons (Fsp3) is 0.400. The van der Waals surface area contributed by atoms with E-state index in [4.69, 9.17) is 5.73 Å². The maximum Gasteiger partial charge on any atom is 0.109 e. The fourth-order valence-electron chi connectivity index (χ4n) is 2.17. The van der Waals surface area contributed by atoms with Crippen molar-refractivity contribution in [3.8, 4) is 0 Å². The van der Waals surface area contributed by atoms with Gasteiger partial charge in [-0.1, -0.05) is 24.3 Å². The summed E-state index contributed by atoms with van der Waals surface area (Å²) in [6, 6.07) is 8.47. The van der Waals surface area contributed by atoms with Gasteiger partial charge in [-0.05, 0) is 18.2 Å². The van der Waals surface area contributed by atoms with Crippen LogP contribution in [0.25, 0.3) is 0 Å². The smallest absolute Gasteiger partial charge is 0.109 e. The van der Waals surface area contributed by atoms with Gasteiger partial charge in [0.1, 0.15) is 5.82 Å². The molecule has 0 bridgehead atoms. The number of rotatable bonds is 6. The highest BCUT2D eigenvalue weighted by Crippen LogP contribution is 2.07. The summed E-state index contributed by atoms with van der Waals surface area (Å²) in [6.07, 6.45) is 4.80. The van der Waals surface area contributed by atoms with Gasteiger partial charge in [0, 0.05) is 45.5 Å². The lowest BCUT2D eigenvalue weighted by Crippen LogP contribution is -2.21. The molecule has 1 aromatic carbocycles. The minimum atomic E-state index is 0.602. The van der Waals surface area contributed by atoms with Crippen LogP contribution >= 0.6 is 0 Å². The number of aryl methyl sites for hydroxylation is 1. The molecule has 0 amide bonds. The van der Waals surface area contributed by atoms with Gasteiger partial charge in [0.15, 0.2) is 0 Å². The van der Waals surface area contributed by atoms with Crippen LogP contribution in [0.15, 0.2) is 36.7 Å². The third-order valence-corrected chi connectivity index (χ3v) is 3.32. The van der Waals surface area contributed by atoms with E-state index in [1.54, 1.807) is 0 Å². The van der Waals surface area contributed by atoms with Gasteiger partial charge in [-0.3, -0.25) is 0 Å². The highest BCUT2D eigenvalue weighted by molar-refractivity contribution is 5.23. The molecule has 19 heavy (non-hydrogen) atoms. The molecule has 0 aliphatic rings. The molecule has 2 rings (SSSR count). The van der Waals surface area contributed by atoms with Crippen LogP contribution < -0.4 is 5.73 Å². The second-order valence-electron chi connectivity index (χ2n) is 4.97. The molecule has 1 heterocycles. The molecule has 0 spiro atoms. The van der Waals surface area contributed by atoms with E-state index in [1.165, 1.54) is 11.1 Å². The fourth-order valence-corrected chi connectivity index (χ4v) is 2.17. The molecule has 0 saturated carbocycles. The van der Waals surface area contributed by atoms with Crippen molar-refractivity contribution >= 4 is 0 Å². The van der Waals surface area contributed by atoms with Gasteiger partial charge < -0.3 is 15.2 Å². The number of nitrogens with zero attached hydrogens (tertiary/aromatic N) is 3. The van der Waals surface area contributed by atoms with Gasteiger partial charge in [0.2, 0.25) is 0 Å². The van der Waals surface area contributed by atoms with Crippen LogP contribution in [0.4, 0.5) is 0 Å². The van der Waals surface area contributed by atoms with Gasteiger partial charge in [0.25, 0.3) is 0 Å². The first-order chi connectivity index (χ1) is 9.19. The zero-order valence-corrected chi connectivity index (χ0v) is 11.7. The number of hydrogen-bond acceptors (Lipinski definition) is 3. The Hall–Kier alpha value is -1.65. The van der Waals surface area contributed by atoms with Crippen molar-refractivity contribution in [3.05, 3.63) is 53.6 Å². The quantitative estimate of drug-likeness (QED) is 0.855. The molecule has 1 aromatic heterocycles. The zero-order valence-electron chi connectivity index (χ0n) is 11.7. The van der Waals surface area contributed by atoms with E-state index >= 15 is 0 Å². The van der Waals surface area contributed by atoms with Crippen LogP contribution in [-0.4, -0.2) is 28.0 Å². The Morgan fingerprint density at radius 2 is 2.11 bits per heavy atom. The van der Waals surface area contributed by atoms with Crippen LogP contribution in [0.3, 0.4) is 0 Å². The molecule has 0 unspecified atom stereocenters. The number of benzene rings is 1. The zero-order chi connectivity index (χ0) is 13.7. The molecular formula is C15H22N4. The summed E-state index contributed by atoms with van der Waals surface area (Å²) in [6.45, 7) is 2.54. The minimum Gasteiger partial charge on any atom is -0.338 e. The Morgan fingerprint density at radius 3 is 2.79 bits per heavy atom. The number of imidazole rings is 1. The molecule has 0 aliphatic heterocycles. The van der Waals surface area contributed by atoms with Crippen LogP contribution in [0.2, 0.25) is 0 Å². The third-order valence-electron chi connectivity index (χ3n) is 3.32. The number of hydrogen-bond donors (Lipinski definition) is 1. The third kappa shape index (κ3) is 3.91. The minimum absolute atomic E-state index is 0.602. The van der Waals surface area contributed by atoms with Gasteiger partial charge in [-0.15, -0.1) is 0 Å². The first-order valence-corrected chi connectivity index (χ1v) is 6.61. The van der Waals surface area contributed by atoms with Crippen molar-refractivity contribution in [3.63, 3.8) is 0 Å². The van der Waals surface area contributed by atoms with Crippen LogP contribution in [0.5, 0.6) is 0 Å². The lowest BCUT2D eigenvalue weighted by atomic mass is 10.1. The predicted octanol–water partition coefficient (Wildman–Crippen LogP) is 1.55. The largest absolute Gasteiger partial charge is 0.338 e. The Balaban J connectivity index is 1.87. The Kier molecular flexibility index (Phi) is 4.71. The average molecular weight is 258 g/mol. The lowest BCUT2D eigenvalue weighted by molar-refractivity contribution is 0.327. The van der Waals surface area contributed by atoms with E-state index in [9.17, 15) is 0 Å². The summed E-state index contributed by atoms with van der Waals surface area (Å²) in [7, 11) is 4.17. The molecule has 0 atom stereocenters. The number of likely N-dealkylation sites (N-methyl/N-ethyl adjacent to an activating group) is 1. The van der Waals surface area contributed by atoms with E-state index in [0.29, 0.717) is 6.54 Å². The predicted molar refractivity (Wildman–Crippen MR) is 77.6 cm³/mol. The van der Waals surface area contributed by atoms with Crippen molar-refractivity contribution in [2.75, 3.05) is 13.6 Å². The van der Waals surface area contributed by atoms with E-state index in [0.717, 1.165) is 25.3 Å². The second kappa shape index (κ2) is 6.50. The molecule has 0 aliphatic carbocycles. The van der Waals surface area contributed by atoms with Gasteiger partial charge in [-0.25, -0.2) is 4.98 Å². The van der Waals surface area contributed by atoms with Gasteiger partial charge in [-0.2, -0.15) is 0 Å². The van der Waals surface area contributed by atoms with Gasteiger partial charge in [0.05, 0.1) is 0 Å². The van der Waals surface area contributed by atoms with Gasteiger partial charge >= 0.3 is 0 Å². The van der Waals surface area contributed by atoms with Crippen molar-refractivity contribution in [1.82, 2.24) is 14.5 Å². The maximum absolute atomic E-state index is 5.66. The van der Waals surface area contributed by atoms with E-state index in [1.807, 2.05) is 19.4 Å². The Morgan fingerprint density at radius 1 is 1.32 bits per heavy atom. The molecule has 0 saturated heterocycles. The highest BCUT2D eigenvalue weighted by atomic mass is 15.1. The van der Waals surface area contributed by atoms with Crippen LogP contribution in [0.1, 0.15) is 17.0 Å². The topological polar surface area (TPSA) is 47.1 Å². The van der Waals surface area contributed by atoms with Crippen molar-refractivity contribution in [1.29, 1.82) is 0 Å². The van der Waals surface area contributed by atoms with E-state index < -0.39 is 0 Å². The molecule has 4 nitrogen and oxygen atoms in total. The summed E-state index contributed by atoms with van der Waals surface area (Å²) in [4.78, 5) is 6.65. The lowest BCUT2D eigenvalue weighted by Gasteiger charge is -2.17. The molecule has 0 radical (unpaired) electrons. The molecule has 2 N–H and O–H groups in total. The highest BCUT2D eigenvalue weighted by Gasteiger charge is 2.04. The Labute approximate surface area is 114 Å². The summed E-state index contributed by atoms with van der Waals surface area (Å²) >= 11 is 0. The summed E-state index contributed by atoms with van der Waals surface area (Å²) in [5, 5.41) is 0. The monoisotopic (exact) mass is 258 g/mol. The average Bonchev–Trinajstić information content (AvgIpc) is 2.82. The molecule has 0 fully saturated rings.